The first-order valence-corrected chi connectivity index (χ1v) is 28.0. The van der Waals surface area contributed by atoms with Gasteiger partial charge in [-0.1, -0.05) is 35.3 Å². The lowest BCUT2D eigenvalue weighted by Gasteiger charge is -2.14. The summed E-state index contributed by atoms with van der Waals surface area (Å²) in [5, 5.41) is 0. The van der Waals surface area contributed by atoms with Gasteiger partial charge in [0.1, 0.15) is 21.1 Å². The van der Waals surface area contributed by atoms with Crippen LogP contribution >= 0.6 is 35.3 Å². The van der Waals surface area contributed by atoms with Crippen LogP contribution in [-0.4, -0.2) is 19.9 Å². The molecular formula is C62H31F17I3N7S3. The van der Waals surface area contributed by atoms with Crippen molar-refractivity contribution in [2.75, 3.05) is 0 Å². The highest BCUT2D eigenvalue weighted by molar-refractivity contribution is 8.00. The zero-order valence-corrected chi connectivity index (χ0v) is 55.0. The summed E-state index contributed by atoms with van der Waals surface area (Å²) >= 11 is 0.760. The van der Waals surface area contributed by atoms with Crippen LogP contribution in [0.2, 0.25) is 0 Å². The van der Waals surface area contributed by atoms with Crippen molar-refractivity contribution in [1.82, 2.24) is 19.9 Å². The molecule has 0 spiro atoms. The van der Waals surface area contributed by atoms with Crippen molar-refractivity contribution in [3.63, 3.8) is 0 Å². The fraction of sp³-hybridized carbons (Fsp3) is 0.0484. The summed E-state index contributed by atoms with van der Waals surface area (Å²) in [6.07, 6.45) is 11.9. The number of aromatic nitrogens is 7. The first-order chi connectivity index (χ1) is 42.4. The molecule has 0 saturated carbocycles. The van der Waals surface area contributed by atoms with Crippen LogP contribution in [0.5, 0.6) is 0 Å². The van der Waals surface area contributed by atoms with E-state index in [9.17, 15) is 4.39 Å². The van der Waals surface area contributed by atoms with Crippen LogP contribution in [0, 0.1) is 98.9 Å². The normalized spacial score (nSPS) is 11.7. The number of aryl methyl sites for hydroxylation is 3. The molecule has 12 rings (SSSR count). The molecule has 2 aliphatic heterocycles. The maximum atomic E-state index is 17.2. The fourth-order valence-electron chi connectivity index (χ4n) is 9.86. The minimum absolute atomic E-state index is 0. The van der Waals surface area contributed by atoms with Gasteiger partial charge in [0.2, 0.25) is 5.82 Å². The first kappa shape index (κ1) is 69.3. The predicted octanol–water partition coefficient (Wildman–Crippen LogP) is 7.63. The zero-order valence-electron chi connectivity index (χ0n) is 46.1. The van der Waals surface area contributed by atoms with Gasteiger partial charge in [-0.2, -0.15) is 0 Å². The number of H-pyrrole nitrogens is 2. The highest BCUT2D eigenvalue weighted by atomic mass is 127. The first-order valence-electron chi connectivity index (χ1n) is 25.6. The summed E-state index contributed by atoms with van der Waals surface area (Å²) < 4.78 is 285. The van der Waals surface area contributed by atoms with Gasteiger partial charge in [0.05, 0.1) is 59.7 Å². The third kappa shape index (κ3) is 12.1. The number of fused-ring (bicyclic) bond motifs is 8. The minimum Gasteiger partial charge on any atom is -1.00 e. The molecule has 6 aromatic heterocycles. The van der Waals surface area contributed by atoms with Crippen LogP contribution in [0.15, 0.2) is 127 Å². The van der Waals surface area contributed by atoms with Crippen molar-refractivity contribution >= 4 is 81.7 Å². The Kier molecular flexibility index (Phi) is 20.4. The molecule has 2 N–H and O–H groups in total. The topological polar surface area (TPSA) is 69.0 Å². The smallest absolute Gasteiger partial charge is 0.200 e. The molecular weight excluding hydrogens is 1640 g/mol. The van der Waals surface area contributed by atoms with Crippen LogP contribution in [0.3, 0.4) is 0 Å². The molecule has 30 heteroatoms. The lowest BCUT2D eigenvalue weighted by molar-refractivity contribution is -0.671. The van der Waals surface area contributed by atoms with E-state index in [0.717, 1.165) is 48.6 Å². The van der Waals surface area contributed by atoms with Crippen LogP contribution in [0.4, 0.5) is 74.6 Å². The molecule has 0 aliphatic carbocycles. The van der Waals surface area contributed by atoms with E-state index in [4.69, 9.17) is 0 Å². The van der Waals surface area contributed by atoms with Gasteiger partial charge in [-0.3, -0.25) is 0 Å². The van der Waals surface area contributed by atoms with E-state index in [0.29, 0.717) is 0 Å². The molecule has 10 aromatic rings. The van der Waals surface area contributed by atoms with Crippen LogP contribution < -0.4 is 85.6 Å². The second-order valence-electron chi connectivity index (χ2n) is 19.7. The van der Waals surface area contributed by atoms with Gasteiger partial charge in [0.25, 0.3) is 0 Å². The van der Waals surface area contributed by atoms with Crippen molar-refractivity contribution in [2.24, 2.45) is 21.1 Å². The van der Waals surface area contributed by atoms with Crippen LogP contribution in [0.1, 0.15) is 22.8 Å². The fourth-order valence-corrected chi connectivity index (χ4v) is 12.4. The predicted molar refractivity (Wildman–Crippen MR) is 295 cm³/mol. The molecule has 0 atom stereocenters. The standard InChI is InChI=1S/C62H31F17N7S3.3HI/c1-84-18-12-24(13-19-84)87-60-54(74)45(65)40(46(66)55(60)75)36-29-6-4-27(80-29)35(39-43(63)51(71)53(73)52(72)44(39)64)28-5-7-30(81-28)37(41-47(67)56(76)61(57(77)48(41)68)88-25-14-20-85(2)21-15-25)32-9-11-34(83-32)38(33-10-8-31(36)82-33)42-49(69)58(78)62(59(79)50(42)70)89-26-16-22-86(3)23-17-26;;;/h4-23,80,83H,1-3H3;3*1H/q+3;;;/p-3. The lowest BCUT2D eigenvalue weighted by atomic mass is 10.0. The number of halogens is 20. The largest absolute Gasteiger partial charge is 1.00 e. The second-order valence-corrected chi connectivity index (χ2v) is 23.0. The summed E-state index contributed by atoms with van der Waals surface area (Å²) in [7, 11) is 4.81. The van der Waals surface area contributed by atoms with Crippen LogP contribution in [0.25, 0.3) is 90.9 Å². The van der Waals surface area contributed by atoms with E-state index in [1.165, 1.54) is 87.3 Å². The Hall–Kier alpha value is -7.02. The van der Waals surface area contributed by atoms with Gasteiger partial charge in [0, 0.05) is 95.4 Å². The number of hydrogen-bond acceptors (Lipinski definition) is 5. The number of aromatic amines is 2. The van der Waals surface area contributed by atoms with E-state index in [1.807, 2.05) is 0 Å². The number of hydrogen-bond donors (Lipinski definition) is 2. The Bertz CT molecular complexity index is 4730. The number of pyridine rings is 3. The summed E-state index contributed by atoms with van der Waals surface area (Å²) in [5.41, 5.74) is -17.3. The van der Waals surface area contributed by atoms with E-state index in [1.54, 1.807) is 21.1 Å². The molecule has 472 valence electrons. The molecule has 8 bridgehead atoms. The third-order valence-electron chi connectivity index (χ3n) is 14.1. The maximum absolute atomic E-state index is 17.2. The highest BCUT2D eigenvalue weighted by Crippen LogP contribution is 2.48. The van der Waals surface area contributed by atoms with Gasteiger partial charge in [-0.15, -0.1) is 0 Å². The average molecular weight is 1670 g/mol. The third-order valence-corrected chi connectivity index (χ3v) is 17.3. The number of rotatable bonds is 10. The average Bonchev–Trinajstić information content (AvgIpc) is 1.41. The Balaban J connectivity index is 0.00000333. The summed E-state index contributed by atoms with van der Waals surface area (Å²) in [6, 6.07) is 11.4. The van der Waals surface area contributed by atoms with Gasteiger partial charge in [0.15, 0.2) is 130 Å². The SMILES string of the molecule is C[n+]1ccc(Sc2c(F)c(F)c(-c3c4nc(c(-c5c(F)c(F)c(Sc6cc[n+](C)cc6)c(F)c5F)c5ccc([nH]5)c(-c5c(F)c(F)c(Sc6cc[n+](C)cc6)c(F)c5F)c5nc(c(-c6c(F)c(F)c(F)c(F)c6F)c6ccc3[nH]6)C=C5)C=C4)c(F)c2F)cc1.[I-].[I-].[I-]. The van der Waals surface area contributed by atoms with Crippen molar-refractivity contribution in [1.29, 1.82) is 0 Å². The van der Waals surface area contributed by atoms with Crippen molar-refractivity contribution in [2.45, 2.75) is 29.4 Å². The molecule has 0 fully saturated rings. The van der Waals surface area contributed by atoms with E-state index >= 15 is 70.2 Å². The molecule has 0 saturated heterocycles. The van der Waals surface area contributed by atoms with Gasteiger partial charge < -0.3 is 81.9 Å². The monoisotopic (exact) mass is 1670 g/mol. The van der Waals surface area contributed by atoms with E-state index in [-0.39, 0.29) is 122 Å². The van der Waals surface area contributed by atoms with E-state index in [2.05, 4.69) is 19.9 Å². The Labute approximate surface area is 571 Å². The molecule has 4 aromatic carbocycles. The molecule has 0 amide bonds. The molecule has 8 heterocycles. The summed E-state index contributed by atoms with van der Waals surface area (Å²) in [4.78, 5) is 10.2. The number of nitrogens with one attached hydrogen (secondary N) is 2. The lowest BCUT2D eigenvalue weighted by Crippen LogP contribution is -3.00. The minimum atomic E-state index is -2.65. The highest BCUT2D eigenvalue weighted by Gasteiger charge is 2.36. The van der Waals surface area contributed by atoms with Gasteiger partial charge >= 0.3 is 0 Å². The Morgan fingerprint density at radius 1 is 0.261 bits per heavy atom. The molecule has 2 aliphatic rings. The number of benzene rings is 4. The quantitative estimate of drug-likeness (QED) is 0.0486. The van der Waals surface area contributed by atoms with Crippen molar-refractivity contribution < 1.29 is 160 Å². The molecule has 7 nitrogen and oxygen atoms in total. The Morgan fingerprint density at radius 2 is 0.446 bits per heavy atom. The molecule has 92 heavy (non-hydrogen) atoms. The van der Waals surface area contributed by atoms with Crippen molar-refractivity contribution in [3.05, 3.63) is 220 Å². The van der Waals surface area contributed by atoms with Gasteiger partial charge in [-0.25, -0.2) is 98.3 Å². The molecule has 0 unspecified atom stereocenters. The van der Waals surface area contributed by atoms with Crippen LogP contribution in [-0.2, 0) is 21.1 Å². The van der Waals surface area contributed by atoms with Crippen molar-refractivity contribution in [3.8, 4) is 44.5 Å². The van der Waals surface area contributed by atoms with Gasteiger partial charge in [-0.05, 0) is 48.6 Å². The zero-order chi connectivity index (χ0) is 63.3. The summed E-state index contributed by atoms with van der Waals surface area (Å²) in [5.74, 6) is -37.6. The maximum Gasteiger partial charge on any atom is 0.200 e. The molecule has 0 radical (unpaired) electrons. The van der Waals surface area contributed by atoms with E-state index < -0.39 is 203 Å². The summed E-state index contributed by atoms with van der Waals surface area (Å²) in [6.45, 7) is 0. The Morgan fingerprint density at radius 3 is 0.652 bits per heavy atom. The number of nitrogens with zero attached hydrogens (tertiary/aromatic N) is 5. The second kappa shape index (κ2) is 27.1.